The second kappa shape index (κ2) is 6.21. The highest BCUT2D eigenvalue weighted by Crippen LogP contribution is 2.46. The highest BCUT2D eigenvalue weighted by molar-refractivity contribution is 7.16. The van der Waals surface area contributed by atoms with Crippen molar-refractivity contribution in [1.82, 2.24) is 19.7 Å². The summed E-state index contributed by atoms with van der Waals surface area (Å²) in [6.07, 6.45) is 3.93. The van der Waals surface area contributed by atoms with Crippen molar-refractivity contribution in [2.75, 3.05) is 19.0 Å². The molecule has 1 amide bonds. The van der Waals surface area contributed by atoms with Crippen molar-refractivity contribution < 1.29 is 4.79 Å². The number of hydrogen-bond acceptors (Lipinski definition) is 5. The van der Waals surface area contributed by atoms with Gasteiger partial charge in [0.05, 0.1) is 11.4 Å². The van der Waals surface area contributed by atoms with Crippen LogP contribution in [-0.4, -0.2) is 45.7 Å². The molecular weight excluding hydrogens is 334 g/mol. The summed E-state index contributed by atoms with van der Waals surface area (Å²) in [5.41, 5.74) is 3.30. The van der Waals surface area contributed by atoms with Crippen molar-refractivity contribution >= 4 is 22.4 Å². The first kappa shape index (κ1) is 16.7. The molecule has 4 rings (SSSR count). The molecule has 1 fully saturated rings. The molecule has 25 heavy (non-hydrogen) atoms. The number of amides is 1. The highest BCUT2D eigenvalue weighted by atomic mass is 32.1. The smallest absolute Gasteiger partial charge is 0.230 e. The Morgan fingerprint density at radius 3 is 2.92 bits per heavy atom. The number of aryl methyl sites for hydroxylation is 3. The fraction of sp³-hybridized carbons (Fsp3) is 0.611. The second-order valence-electron chi connectivity index (χ2n) is 7.28. The fourth-order valence-corrected chi connectivity index (χ4v) is 5.33. The first-order chi connectivity index (χ1) is 11.9. The van der Waals surface area contributed by atoms with Crippen LogP contribution in [0.3, 0.4) is 0 Å². The summed E-state index contributed by atoms with van der Waals surface area (Å²) in [4.78, 5) is 23.0. The third kappa shape index (κ3) is 2.89. The zero-order valence-electron chi connectivity index (χ0n) is 15.3. The molecular formula is C18H25N5OS. The molecule has 1 saturated heterocycles. The molecule has 7 heteroatoms. The van der Waals surface area contributed by atoms with Gasteiger partial charge in [-0.25, -0.2) is 4.98 Å². The third-order valence-corrected chi connectivity index (χ3v) is 6.87. The SMILES string of the molecule is Cc1cc(C)n(CCC(=O)N(C)c2nc3c(s2)C2CCC(C3)N2C)n1. The summed E-state index contributed by atoms with van der Waals surface area (Å²) < 4.78 is 1.90. The lowest BCUT2D eigenvalue weighted by atomic mass is 10.1. The van der Waals surface area contributed by atoms with Gasteiger partial charge in [0.25, 0.3) is 0 Å². The van der Waals surface area contributed by atoms with Gasteiger partial charge in [-0.15, -0.1) is 0 Å². The van der Waals surface area contributed by atoms with Crippen LogP contribution in [0, 0.1) is 13.8 Å². The van der Waals surface area contributed by atoms with E-state index >= 15 is 0 Å². The second-order valence-corrected chi connectivity index (χ2v) is 8.29. The monoisotopic (exact) mass is 359 g/mol. The Bertz CT molecular complexity index is 810. The number of aromatic nitrogens is 3. The molecule has 2 aliphatic heterocycles. The van der Waals surface area contributed by atoms with Gasteiger partial charge in [-0.1, -0.05) is 11.3 Å². The number of nitrogens with zero attached hydrogens (tertiary/aromatic N) is 5. The number of thiazole rings is 1. The van der Waals surface area contributed by atoms with Crippen LogP contribution < -0.4 is 4.90 Å². The van der Waals surface area contributed by atoms with E-state index < -0.39 is 0 Å². The van der Waals surface area contributed by atoms with Crippen LogP contribution in [0.15, 0.2) is 6.07 Å². The normalized spacial score (nSPS) is 22.2. The van der Waals surface area contributed by atoms with E-state index in [1.807, 2.05) is 31.6 Å². The maximum atomic E-state index is 12.6. The average Bonchev–Trinajstić information content (AvgIpc) is 3.21. The van der Waals surface area contributed by atoms with Gasteiger partial charge in [0, 0.05) is 49.1 Å². The molecule has 0 aromatic carbocycles. The Morgan fingerprint density at radius 1 is 1.40 bits per heavy atom. The van der Waals surface area contributed by atoms with Gasteiger partial charge < -0.3 is 0 Å². The van der Waals surface area contributed by atoms with Crippen LogP contribution in [0.25, 0.3) is 0 Å². The molecule has 2 aromatic rings. The molecule has 134 valence electrons. The maximum Gasteiger partial charge on any atom is 0.230 e. The summed E-state index contributed by atoms with van der Waals surface area (Å²) in [6.45, 7) is 4.61. The maximum absolute atomic E-state index is 12.6. The molecule has 6 nitrogen and oxygen atoms in total. The Morgan fingerprint density at radius 2 is 2.20 bits per heavy atom. The minimum Gasteiger partial charge on any atom is -0.295 e. The first-order valence-electron chi connectivity index (χ1n) is 8.93. The molecule has 0 spiro atoms. The summed E-state index contributed by atoms with van der Waals surface area (Å²) >= 11 is 1.69. The van der Waals surface area contributed by atoms with Crippen LogP contribution in [0.2, 0.25) is 0 Å². The fourth-order valence-electron chi connectivity index (χ4n) is 4.08. The van der Waals surface area contributed by atoms with E-state index in [2.05, 4.69) is 17.0 Å². The van der Waals surface area contributed by atoms with Crippen molar-refractivity contribution in [3.63, 3.8) is 0 Å². The zero-order valence-corrected chi connectivity index (χ0v) is 16.1. The van der Waals surface area contributed by atoms with Crippen LogP contribution >= 0.6 is 11.3 Å². The topological polar surface area (TPSA) is 54.3 Å². The van der Waals surface area contributed by atoms with Gasteiger partial charge in [0.15, 0.2) is 5.13 Å². The standard InChI is InChI=1S/C18H25N5OS/c1-11-9-12(2)23(20-11)8-7-16(24)22(4)18-19-14-10-13-5-6-15(21(13)3)17(14)25-18/h9,13,15H,5-8,10H2,1-4H3. The van der Waals surface area contributed by atoms with E-state index in [-0.39, 0.29) is 5.91 Å². The van der Waals surface area contributed by atoms with E-state index in [9.17, 15) is 4.79 Å². The number of fused-ring (bicyclic) bond motifs is 4. The number of rotatable bonds is 4. The van der Waals surface area contributed by atoms with Crippen molar-refractivity contribution in [3.05, 3.63) is 28.0 Å². The molecule has 0 aliphatic carbocycles. The van der Waals surface area contributed by atoms with Gasteiger partial charge in [0.1, 0.15) is 0 Å². The van der Waals surface area contributed by atoms with Crippen LogP contribution in [-0.2, 0) is 17.8 Å². The Hall–Kier alpha value is -1.73. The Kier molecular flexibility index (Phi) is 4.16. The van der Waals surface area contributed by atoms with E-state index in [1.54, 1.807) is 16.2 Å². The van der Waals surface area contributed by atoms with Crippen molar-refractivity contribution in [2.45, 2.75) is 58.2 Å². The Balaban J connectivity index is 1.45. The molecule has 2 bridgehead atoms. The van der Waals surface area contributed by atoms with Crippen LogP contribution in [0.5, 0.6) is 0 Å². The summed E-state index contributed by atoms with van der Waals surface area (Å²) in [6, 6.07) is 3.16. The zero-order chi connectivity index (χ0) is 17.7. The number of carbonyl (C=O) groups is 1. The van der Waals surface area contributed by atoms with Crippen molar-refractivity contribution in [2.24, 2.45) is 0 Å². The number of hydrogen-bond donors (Lipinski definition) is 0. The van der Waals surface area contributed by atoms with E-state index in [1.165, 1.54) is 23.4 Å². The van der Waals surface area contributed by atoms with Gasteiger partial charge in [0.2, 0.25) is 5.91 Å². The van der Waals surface area contributed by atoms with Crippen molar-refractivity contribution in [3.8, 4) is 0 Å². The van der Waals surface area contributed by atoms with Gasteiger partial charge in [-0.05, 0) is 39.8 Å². The van der Waals surface area contributed by atoms with E-state index in [4.69, 9.17) is 4.98 Å². The Labute approximate surface area is 152 Å². The molecule has 4 heterocycles. The summed E-state index contributed by atoms with van der Waals surface area (Å²) in [5, 5.41) is 5.27. The van der Waals surface area contributed by atoms with Crippen LogP contribution in [0.1, 0.15) is 47.3 Å². The minimum absolute atomic E-state index is 0.0946. The predicted molar refractivity (Wildman–Crippen MR) is 99.1 cm³/mol. The molecule has 2 unspecified atom stereocenters. The number of anilines is 1. The molecule has 2 atom stereocenters. The van der Waals surface area contributed by atoms with Gasteiger partial charge in [-0.3, -0.25) is 19.3 Å². The average molecular weight is 359 g/mol. The van der Waals surface area contributed by atoms with Crippen LogP contribution in [0.4, 0.5) is 5.13 Å². The first-order valence-corrected chi connectivity index (χ1v) is 9.75. The summed E-state index contributed by atoms with van der Waals surface area (Å²) in [5.74, 6) is 0.0946. The molecule has 0 radical (unpaired) electrons. The third-order valence-electron chi connectivity index (χ3n) is 5.59. The predicted octanol–water partition coefficient (Wildman–Crippen LogP) is 2.70. The van der Waals surface area contributed by atoms with Gasteiger partial charge >= 0.3 is 0 Å². The number of carbonyl (C=O) groups excluding carboxylic acids is 1. The lowest BCUT2D eigenvalue weighted by Crippen LogP contribution is -2.33. The minimum atomic E-state index is 0.0946. The lowest BCUT2D eigenvalue weighted by Gasteiger charge is -2.29. The lowest BCUT2D eigenvalue weighted by molar-refractivity contribution is -0.118. The van der Waals surface area contributed by atoms with Crippen molar-refractivity contribution in [1.29, 1.82) is 0 Å². The van der Waals surface area contributed by atoms with E-state index in [0.717, 1.165) is 22.9 Å². The van der Waals surface area contributed by atoms with E-state index in [0.29, 0.717) is 25.0 Å². The molecule has 0 saturated carbocycles. The summed E-state index contributed by atoms with van der Waals surface area (Å²) in [7, 11) is 4.06. The quantitative estimate of drug-likeness (QED) is 0.842. The number of likely N-dealkylation sites (N-methyl/N-ethyl adjacent to an activating group) is 1. The largest absolute Gasteiger partial charge is 0.295 e. The highest BCUT2D eigenvalue weighted by Gasteiger charge is 2.40. The van der Waals surface area contributed by atoms with Gasteiger partial charge in [-0.2, -0.15) is 5.10 Å². The molecule has 2 aromatic heterocycles. The molecule has 2 aliphatic rings. The molecule has 0 N–H and O–H groups in total.